The third-order valence-corrected chi connectivity index (χ3v) is 6.00. The van der Waals surface area contributed by atoms with Crippen LogP contribution in [0.1, 0.15) is 38.5 Å². The van der Waals surface area contributed by atoms with Gasteiger partial charge in [-0.25, -0.2) is 0 Å². The molecule has 2 rings (SSSR count). The molecule has 1 aliphatic carbocycles. The van der Waals surface area contributed by atoms with Crippen LogP contribution in [0.3, 0.4) is 0 Å². The molecule has 3 nitrogen and oxygen atoms in total. The van der Waals surface area contributed by atoms with Crippen LogP contribution in [0, 0.1) is 11.8 Å². The van der Waals surface area contributed by atoms with Crippen LogP contribution in [-0.4, -0.2) is 43.3 Å². The zero-order valence-corrected chi connectivity index (χ0v) is 13.9. The van der Waals surface area contributed by atoms with E-state index in [1.807, 2.05) is 11.8 Å². The first-order chi connectivity index (χ1) is 10.5. The molecule has 1 aliphatic heterocycles. The van der Waals surface area contributed by atoms with Crippen molar-refractivity contribution in [1.82, 2.24) is 10.6 Å². The Hall–Kier alpha value is -0.590. The van der Waals surface area contributed by atoms with Gasteiger partial charge < -0.3 is 10.6 Å². The Bertz CT molecular complexity index is 368. The van der Waals surface area contributed by atoms with Gasteiger partial charge in [0, 0.05) is 25.4 Å². The summed E-state index contributed by atoms with van der Waals surface area (Å²) in [5.74, 6) is 0.317. The SMILES string of the molecule is CN=C(NCC1CCCS1)NCC1CCCCC1C(F)(F)F. The van der Waals surface area contributed by atoms with Crippen LogP contribution in [0.15, 0.2) is 4.99 Å². The van der Waals surface area contributed by atoms with E-state index in [4.69, 9.17) is 0 Å². The summed E-state index contributed by atoms with van der Waals surface area (Å²) in [5, 5.41) is 6.93. The smallest absolute Gasteiger partial charge is 0.356 e. The first-order valence-electron chi connectivity index (χ1n) is 8.13. The van der Waals surface area contributed by atoms with Crippen LogP contribution in [-0.2, 0) is 0 Å². The highest BCUT2D eigenvalue weighted by Crippen LogP contribution is 2.41. The summed E-state index contributed by atoms with van der Waals surface area (Å²) in [7, 11) is 1.67. The van der Waals surface area contributed by atoms with Crippen LogP contribution in [0.25, 0.3) is 0 Å². The summed E-state index contributed by atoms with van der Waals surface area (Å²) in [4.78, 5) is 4.12. The first kappa shape index (κ1) is 17.8. The van der Waals surface area contributed by atoms with Gasteiger partial charge >= 0.3 is 6.18 Å². The van der Waals surface area contributed by atoms with Gasteiger partial charge in [-0.05, 0) is 37.4 Å². The minimum Gasteiger partial charge on any atom is -0.356 e. The molecule has 1 heterocycles. The molecule has 22 heavy (non-hydrogen) atoms. The molecule has 2 aliphatic rings. The van der Waals surface area contributed by atoms with E-state index in [0.29, 0.717) is 30.6 Å². The fourth-order valence-electron chi connectivity index (χ4n) is 3.35. The van der Waals surface area contributed by atoms with Gasteiger partial charge in [-0.3, -0.25) is 4.99 Å². The number of thioether (sulfide) groups is 1. The second kappa shape index (κ2) is 8.31. The highest BCUT2D eigenvalue weighted by molar-refractivity contribution is 8.00. The lowest BCUT2D eigenvalue weighted by Gasteiger charge is -2.33. The predicted molar refractivity (Wildman–Crippen MR) is 86.3 cm³/mol. The quantitative estimate of drug-likeness (QED) is 0.610. The summed E-state index contributed by atoms with van der Waals surface area (Å²) in [6, 6.07) is 0. The number of guanidine groups is 1. The minimum atomic E-state index is -4.08. The molecule has 2 fully saturated rings. The van der Waals surface area contributed by atoms with E-state index < -0.39 is 12.1 Å². The van der Waals surface area contributed by atoms with Crippen molar-refractivity contribution in [3.63, 3.8) is 0 Å². The maximum Gasteiger partial charge on any atom is 0.392 e. The highest BCUT2D eigenvalue weighted by Gasteiger charge is 2.45. The van der Waals surface area contributed by atoms with Crippen LogP contribution >= 0.6 is 11.8 Å². The topological polar surface area (TPSA) is 36.4 Å². The van der Waals surface area contributed by atoms with E-state index in [0.717, 1.165) is 13.0 Å². The van der Waals surface area contributed by atoms with Crippen LogP contribution in [0.5, 0.6) is 0 Å². The van der Waals surface area contributed by atoms with Crippen molar-refractivity contribution in [2.24, 2.45) is 16.8 Å². The van der Waals surface area contributed by atoms with Gasteiger partial charge in [-0.1, -0.05) is 12.8 Å². The fraction of sp³-hybridized carbons (Fsp3) is 0.933. The summed E-state index contributed by atoms with van der Waals surface area (Å²) in [5.41, 5.74) is 0. The lowest BCUT2D eigenvalue weighted by atomic mass is 9.79. The molecule has 3 atom stereocenters. The van der Waals surface area contributed by atoms with E-state index in [1.54, 1.807) is 7.05 Å². The highest BCUT2D eigenvalue weighted by atomic mass is 32.2. The standard InChI is InChI=1S/C15H26F3N3S/c1-19-14(21-10-12-6-4-8-22-12)20-9-11-5-2-3-7-13(11)15(16,17)18/h11-13H,2-10H2,1H3,(H2,19,20,21). The molecule has 128 valence electrons. The van der Waals surface area contributed by atoms with Crippen molar-refractivity contribution in [3.8, 4) is 0 Å². The number of nitrogens with zero attached hydrogens (tertiary/aromatic N) is 1. The second-order valence-corrected chi connectivity index (χ2v) is 7.57. The molecule has 2 N–H and O–H groups in total. The molecule has 1 saturated carbocycles. The van der Waals surface area contributed by atoms with E-state index in [1.165, 1.54) is 18.6 Å². The van der Waals surface area contributed by atoms with Gasteiger partial charge in [0.1, 0.15) is 0 Å². The zero-order chi connectivity index (χ0) is 16.0. The van der Waals surface area contributed by atoms with Gasteiger partial charge in [0.25, 0.3) is 0 Å². The van der Waals surface area contributed by atoms with Crippen molar-refractivity contribution in [2.75, 3.05) is 25.9 Å². The molecule has 0 spiro atoms. The van der Waals surface area contributed by atoms with Crippen LogP contribution in [0.2, 0.25) is 0 Å². The molecule has 1 saturated heterocycles. The Kier molecular flexibility index (Phi) is 6.71. The van der Waals surface area contributed by atoms with Gasteiger partial charge in [-0.15, -0.1) is 0 Å². The molecule has 0 bridgehead atoms. The largest absolute Gasteiger partial charge is 0.392 e. The molecule has 0 aromatic rings. The Balaban J connectivity index is 1.78. The zero-order valence-electron chi connectivity index (χ0n) is 13.1. The Morgan fingerprint density at radius 2 is 1.82 bits per heavy atom. The van der Waals surface area contributed by atoms with Gasteiger partial charge in [0.2, 0.25) is 0 Å². The molecule has 7 heteroatoms. The second-order valence-electron chi connectivity index (χ2n) is 6.16. The molecule has 0 amide bonds. The average Bonchev–Trinajstić information content (AvgIpc) is 3.00. The summed E-state index contributed by atoms with van der Waals surface area (Å²) >= 11 is 1.95. The molecule has 0 radical (unpaired) electrons. The molecular formula is C15H26F3N3S. The van der Waals surface area contributed by atoms with Crippen molar-refractivity contribution in [3.05, 3.63) is 0 Å². The molecule has 0 aromatic carbocycles. The first-order valence-corrected chi connectivity index (χ1v) is 9.18. The lowest BCUT2D eigenvalue weighted by molar-refractivity contribution is -0.195. The number of alkyl halides is 3. The van der Waals surface area contributed by atoms with Gasteiger partial charge in [0.15, 0.2) is 5.96 Å². The number of aliphatic imine (C=N–C) groups is 1. The van der Waals surface area contributed by atoms with Crippen molar-refractivity contribution in [2.45, 2.75) is 50.0 Å². The number of halogens is 3. The third kappa shape index (κ3) is 5.25. The number of nitrogens with one attached hydrogen (secondary N) is 2. The maximum absolute atomic E-state index is 13.1. The third-order valence-electron chi connectivity index (χ3n) is 4.61. The Morgan fingerprint density at radius 1 is 1.09 bits per heavy atom. The fourth-order valence-corrected chi connectivity index (χ4v) is 4.55. The van der Waals surface area contributed by atoms with E-state index in [2.05, 4.69) is 15.6 Å². The van der Waals surface area contributed by atoms with Crippen LogP contribution < -0.4 is 10.6 Å². The summed E-state index contributed by atoms with van der Waals surface area (Å²) in [6.45, 7) is 1.18. The average molecular weight is 337 g/mol. The maximum atomic E-state index is 13.1. The van der Waals surface area contributed by atoms with E-state index in [-0.39, 0.29) is 12.3 Å². The van der Waals surface area contributed by atoms with Crippen molar-refractivity contribution >= 4 is 17.7 Å². The molecule has 0 aromatic heterocycles. The van der Waals surface area contributed by atoms with E-state index >= 15 is 0 Å². The lowest BCUT2D eigenvalue weighted by Crippen LogP contribution is -2.45. The Morgan fingerprint density at radius 3 is 2.45 bits per heavy atom. The monoisotopic (exact) mass is 337 g/mol. The minimum absolute atomic E-state index is 0.264. The van der Waals surface area contributed by atoms with E-state index in [9.17, 15) is 13.2 Å². The summed E-state index contributed by atoms with van der Waals surface area (Å²) < 4.78 is 39.2. The number of hydrogen-bond donors (Lipinski definition) is 2. The van der Waals surface area contributed by atoms with Crippen LogP contribution in [0.4, 0.5) is 13.2 Å². The van der Waals surface area contributed by atoms with Gasteiger partial charge in [-0.2, -0.15) is 24.9 Å². The predicted octanol–water partition coefficient (Wildman–Crippen LogP) is 3.42. The summed E-state index contributed by atoms with van der Waals surface area (Å²) in [6.07, 6.45) is 0.861. The normalized spacial score (nSPS) is 30.4. The number of rotatable bonds is 4. The number of hydrogen-bond acceptors (Lipinski definition) is 2. The van der Waals surface area contributed by atoms with Crippen molar-refractivity contribution < 1.29 is 13.2 Å². The molecule has 3 unspecified atom stereocenters. The van der Waals surface area contributed by atoms with Crippen molar-refractivity contribution in [1.29, 1.82) is 0 Å². The Labute approximate surface area is 134 Å². The van der Waals surface area contributed by atoms with Gasteiger partial charge in [0.05, 0.1) is 5.92 Å². The molecular weight excluding hydrogens is 311 g/mol.